The highest BCUT2D eigenvalue weighted by Gasteiger charge is 2.25. The quantitative estimate of drug-likeness (QED) is 0.797. The number of hydrogen-bond acceptors (Lipinski definition) is 3. The summed E-state index contributed by atoms with van der Waals surface area (Å²) in [5.74, 6) is 0.511. The molecule has 4 heteroatoms. The number of nitrogens with zero attached hydrogens (tertiary/aromatic N) is 1. The lowest BCUT2D eigenvalue weighted by molar-refractivity contribution is -0.137. The molecule has 98 valence electrons. The Kier molecular flexibility index (Phi) is 4.80. The van der Waals surface area contributed by atoms with Gasteiger partial charge in [-0.2, -0.15) is 0 Å². The molecule has 1 N–H and O–H groups in total. The van der Waals surface area contributed by atoms with E-state index < -0.39 is 0 Å². The molecule has 0 aromatic carbocycles. The molecule has 0 aliphatic carbocycles. The molecule has 2 rings (SSSR count). The minimum Gasteiger partial charge on any atom is -0.381 e. The van der Waals surface area contributed by atoms with Gasteiger partial charge in [0, 0.05) is 38.8 Å². The van der Waals surface area contributed by atoms with Crippen molar-refractivity contribution in [3.63, 3.8) is 0 Å². The first-order valence-electron chi connectivity index (χ1n) is 6.83. The summed E-state index contributed by atoms with van der Waals surface area (Å²) < 4.78 is 5.29. The minimum absolute atomic E-state index is 0.199. The van der Waals surface area contributed by atoms with Gasteiger partial charge in [0.05, 0.1) is 0 Å². The summed E-state index contributed by atoms with van der Waals surface area (Å²) in [6.07, 6.45) is 5.42. The molecule has 2 heterocycles. The fourth-order valence-corrected chi connectivity index (χ4v) is 2.72. The van der Waals surface area contributed by atoms with Gasteiger partial charge in [-0.15, -0.1) is 0 Å². The zero-order chi connectivity index (χ0) is 12.1. The Hall–Kier alpha value is -0.610. The average molecular weight is 240 g/mol. The van der Waals surface area contributed by atoms with E-state index in [9.17, 15) is 4.79 Å². The van der Waals surface area contributed by atoms with E-state index in [1.807, 2.05) is 11.9 Å². The number of hydrogen-bond donors (Lipinski definition) is 1. The largest absolute Gasteiger partial charge is 0.381 e. The number of rotatable bonds is 4. The van der Waals surface area contributed by atoms with Crippen LogP contribution in [0.5, 0.6) is 0 Å². The molecular formula is C13H24N2O2. The van der Waals surface area contributed by atoms with E-state index in [0.29, 0.717) is 11.9 Å². The van der Waals surface area contributed by atoms with Gasteiger partial charge in [-0.05, 0) is 38.6 Å². The summed E-state index contributed by atoms with van der Waals surface area (Å²) in [4.78, 5) is 14.1. The summed E-state index contributed by atoms with van der Waals surface area (Å²) in [5, 5.41) is 3.47. The summed E-state index contributed by atoms with van der Waals surface area (Å²) in [5.41, 5.74) is 0. The van der Waals surface area contributed by atoms with Crippen molar-refractivity contribution >= 4 is 5.91 Å². The van der Waals surface area contributed by atoms with E-state index in [1.54, 1.807) is 0 Å². The van der Waals surface area contributed by atoms with Gasteiger partial charge >= 0.3 is 0 Å². The number of ether oxygens (including phenoxy) is 1. The first-order valence-corrected chi connectivity index (χ1v) is 6.83. The first kappa shape index (κ1) is 12.8. The molecule has 0 saturated carbocycles. The van der Waals surface area contributed by atoms with Gasteiger partial charge in [-0.3, -0.25) is 4.79 Å². The second kappa shape index (κ2) is 6.36. The topological polar surface area (TPSA) is 41.6 Å². The summed E-state index contributed by atoms with van der Waals surface area (Å²) in [7, 11) is 1.94. The van der Waals surface area contributed by atoms with E-state index in [4.69, 9.17) is 4.74 Å². The van der Waals surface area contributed by atoms with Crippen molar-refractivity contribution in [3.05, 3.63) is 0 Å². The fraction of sp³-hybridized carbons (Fsp3) is 0.923. The van der Waals surface area contributed by atoms with Crippen LogP contribution in [0.2, 0.25) is 0 Å². The lowest BCUT2D eigenvalue weighted by Crippen LogP contribution is -2.38. The van der Waals surface area contributed by atoms with Crippen LogP contribution < -0.4 is 5.32 Å². The third kappa shape index (κ3) is 3.68. The maximum absolute atomic E-state index is 12.2. The molecule has 0 aromatic rings. The zero-order valence-electron chi connectivity index (χ0n) is 10.8. The standard InChI is InChI=1S/C13H24N2O2/c1-15(8-4-12-3-2-7-14-12)13(16)11-5-9-17-10-6-11/h11-12,14H,2-10H2,1H3. The van der Waals surface area contributed by atoms with Crippen LogP contribution in [0, 0.1) is 5.92 Å². The normalized spacial score (nSPS) is 26.1. The molecule has 2 saturated heterocycles. The second-order valence-electron chi connectivity index (χ2n) is 5.23. The van der Waals surface area contributed by atoms with E-state index >= 15 is 0 Å². The fourth-order valence-electron chi connectivity index (χ4n) is 2.72. The van der Waals surface area contributed by atoms with Crippen molar-refractivity contribution in [3.8, 4) is 0 Å². The van der Waals surface area contributed by atoms with Crippen LogP contribution in [0.25, 0.3) is 0 Å². The number of nitrogens with one attached hydrogen (secondary N) is 1. The van der Waals surface area contributed by atoms with Crippen LogP contribution in [0.1, 0.15) is 32.1 Å². The molecule has 1 unspecified atom stereocenters. The van der Waals surface area contributed by atoms with Crippen molar-refractivity contribution < 1.29 is 9.53 Å². The molecule has 1 atom stereocenters. The Morgan fingerprint density at radius 1 is 1.35 bits per heavy atom. The maximum Gasteiger partial charge on any atom is 0.225 e. The van der Waals surface area contributed by atoms with Gasteiger partial charge in [0.2, 0.25) is 5.91 Å². The molecule has 1 amide bonds. The van der Waals surface area contributed by atoms with Gasteiger partial charge in [0.15, 0.2) is 0 Å². The van der Waals surface area contributed by atoms with Crippen LogP contribution in [0.3, 0.4) is 0 Å². The molecule has 2 aliphatic heterocycles. The summed E-state index contributed by atoms with van der Waals surface area (Å²) >= 11 is 0. The highest BCUT2D eigenvalue weighted by Crippen LogP contribution is 2.17. The Bertz CT molecular complexity index is 246. The van der Waals surface area contributed by atoms with Crippen LogP contribution >= 0.6 is 0 Å². The van der Waals surface area contributed by atoms with Gasteiger partial charge in [-0.1, -0.05) is 0 Å². The summed E-state index contributed by atoms with van der Waals surface area (Å²) in [6.45, 7) is 3.51. The van der Waals surface area contributed by atoms with Crippen molar-refractivity contribution in [1.29, 1.82) is 0 Å². The molecule has 2 aliphatic rings. The van der Waals surface area contributed by atoms with Gasteiger partial charge in [0.25, 0.3) is 0 Å². The van der Waals surface area contributed by atoms with Crippen molar-refractivity contribution in [1.82, 2.24) is 10.2 Å². The molecule has 0 bridgehead atoms. The van der Waals surface area contributed by atoms with E-state index in [0.717, 1.165) is 45.6 Å². The highest BCUT2D eigenvalue weighted by atomic mass is 16.5. The number of carbonyl (C=O) groups excluding carboxylic acids is 1. The predicted octanol–water partition coefficient (Wildman–Crippen LogP) is 1.01. The zero-order valence-corrected chi connectivity index (χ0v) is 10.8. The molecular weight excluding hydrogens is 216 g/mol. The lowest BCUT2D eigenvalue weighted by Gasteiger charge is -2.27. The highest BCUT2D eigenvalue weighted by molar-refractivity contribution is 5.78. The van der Waals surface area contributed by atoms with Crippen molar-refractivity contribution in [2.24, 2.45) is 5.92 Å². The number of amides is 1. The van der Waals surface area contributed by atoms with E-state index in [1.165, 1.54) is 12.8 Å². The van der Waals surface area contributed by atoms with Crippen LogP contribution in [0.4, 0.5) is 0 Å². The molecule has 2 fully saturated rings. The van der Waals surface area contributed by atoms with Crippen molar-refractivity contribution in [2.75, 3.05) is 33.4 Å². The second-order valence-corrected chi connectivity index (χ2v) is 5.23. The Balaban J connectivity index is 1.70. The lowest BCUT2D eigenvalue weighted by atomic mass is 9.98. The number of carbonyl (C=O) groups is 1. The van der Waals surface area contributed by atoms with E-state index in [2.05, 4.69) is 5.32 Å². The van der Waals surface area contributed by atoms with Gasteiger partial charge in [-0.25, -0.2) is 0 Å². The molecule has 0 aromatic heterocycles. The average Bonchev–Trinajstić information content (AvgIpc) is 2.89. The van der Waals surface area contributed by atoms with Gasteiger partial charge in [0.1, 0.15) is 0 Å². The van der Waals surface area contributed by atoms with E-state index in [-0.39, 0.29) is 5.92 Å². The SMILES string of the molecule is CN(CCC1CCCN1)C(=O)C1CCOCC1. The van der Waals surface area contributed by atoms with Crippen LogP contribution in [0.15, 0.2) is 0 Å². The first-order chi connectivity index (χ1) is 8.27. The van der Waals surface area contributed by atoms with Gasteiger partial charge < -0.3 is 15.0 Å². The Morgan fingerprint density at radius 3 is 2.76 bits per heavy atom. The summed E-state index contributed by atoms with van der Waals surface area (Å²) in [6, 6.07) is 0.625. The monoisotopic (exact) mass is 240 g/mol. The Morgan fingerprint density at radius 2 is 2.12 bits per heavy atom. The smallest absolute Gasteiger partial charge is 0.225 e. The Labute approximate surface area is 104 Å². The van der Waals surface area contributed by atoms with Crippen LogP contribution in [-0.4, -0.2) is 50.2 Å². The molecule has 0 radical (unpaired) electrons. The minimum atomic E-state index is 0.199. The molecule has 0 spiro atoms. The maximum atomic E-state index is 12.2. The molecule has 4 nitrogen and oxygen atoms in total. The third-order valence-electron chi connectivity index (χ3n) is 3.92. The van der Waals surface area contributed by atoms with Crippen molar-refractivity contribution in [2.45, 2.75) is 38.1 Å². The predicted molar refractivity (Wildman–Crippen MR) is 66.8 cm³/mol. The third-order valence-corrected chi connectivity index (χ3v) is 3.92. The molecule has 17 heavy (non-hydrogen) atoms. The van der Waals surface area contributed by atoms with Crippen LogP contribution in [-0.2, 0) is 9.53 Å².